The Labute approximate surface area is 106 Å². The highest BCUT2D eigenvalue weighted by Gasteiger charge is 2.40. The van der Waals surface area contributed by atoms with E-state index in [2.05, 4.69) is 22.2 Å². The van der Waals surface area contributed by atoms with Crippen molar-refractivity contribution in [3.05, 3.63) is 0 Å². The SMILES string of the molecule is CNCC1CCN(C2CCN3CCCC23)CC1. The average Bonchev–Trinajstić information content (AvgIpc) is 2.93. The quantitative estimate of drug-likeness (QED) is 0.794. The van der Waals surface area contributed by atoms with E-state index in [0.29, 0.717) is 0 Å². The van der Waals surface area contributed by atoms with Gasteiger partial charge in [-0.05, 0) is 71.2 Å². The molecule has 3 heterocycles. The van der Waals surface area contributed by atoms with Gasteiger partial charge in [-0.3, -0.25) is 9.80 Å². The molecule has 0 aromatic heterocycles. The van der Waals surface area contributed by atoms with Gasteiger partial charge in [-0.25, -0.2) is 0 Å². The molecule has 0 spiro atoms. The molecule has 0 aromatic rings. The molecule has 3 rings (SSSR count). The van der Waals surface area contributed by atoms with Gasteiger partial charge in [0, 0.05) is 18.6 Å². The van der Waals surface area contributed by atoms with Crippen molar-refractivity contribution >= 4 is 0 Å². The fourth-order valence-electron chi connectivity index (χ4n) is 4.26. The first-order valence-corrected chi connectivity index (χ1v) is 7.51. The third-order valence-electron chi connectivity index (χ3n) is 5.18. The van der Waals surface area contributed by atoms with Crippen LogP contribution >= 0.6 is 0 Å². The predicted molar refractivity (Wildman–Crippen MR) is 71.2 cm³/mol. The van der Waals surface area contributed by atoms with Crippen molar-refractivity contribution in [3.63, 3.8) is 0 Å². The zero-order valence-electron chi connectivity index (χ0n) is 11.2. The zero-order chi connectivity index (χ0) is 11.7. The maximum Gasteiger partial charge on any atom is 0.0263 e. The molecule has 98 valence electrons. The number of fused-ring (bicyclic) bond motifs is 1. The second-order valence-electron chi connectivity index (χ2n) is 6.14. The minimum absolute atomic E-state index is 0.896. The van der Waals surface area contributed by atoms with Crippen LogP contribution in [-0.2, 0) is 0 Å². The van der Waals surface area contributed by atoms with Gasteiger partial charge in [-0.15, -0.1) is 0 Å². The van der Waals surface area contributed by atoms with Crippen LogP contribution in [0.2, 0.25) is 0 Å². The summed E-state index contributed by atoms with van der Waals surface area (Å²) in [6.07, 6.45) is 7.15. The molecule has 3 heteroatoms. The third-order valence-corrected chi connectivity index (χ3v) is 5.18. The lowest BCUT2D eigenvalue weighted by Crippen LogP contribution is -2.47. The van der Waals surface area contributed by atoms with Gasteiger partial charge in [-0.2, -0.15) is 0 Å². The Morgan fingerprint density at radius 1 is 0.882 bits per heavy atom. The Bertz CT molecular complexity index is 248. The van der Waals surface area contributed by atoms with Crippen LogP contribution in [0.1, 0.15) is 32.1 Å². The number of hydrogen-bond donors (Lipinski definition) is 1. The van der Waals surface area contributed by atoms with Gasteiger partial charge in [0.15, 0.2) is 0 Å². The van der Waals surface area contributed by atoms with Crippen LogP contribution in [0, 0.1) is 5.92 Å². The van der Waals surface area contributed by atoms with Crippen molar-refractivity contribution in [2.75, 3.05) is 39.8 Å². The van der Waals surface area contributed by atoms with Crippen molar-refractivity contribution in [1.29, 1.82) is 0 Å². The van der Waals surface area contributed by atoms with Crippen LogP contribution in [0.4, 0.5) is 0 Å². The highest BCUT2D eigenvalue weighted by Crippen LogP contribution is 2.33. The lowest BCUT2D eigenvalue weighted by Gasteiger charge is -2.38. The lowest BCUT2D eigenvalue weighted by atomic mass is 9.94. The fourth-order valence-corrected chi connectivity index (χ4v) is 4.26. The number of rotatable bonds is 3. The van der Waals surface area contributed by atoms with Crippen molar-refractivity contribution in [1.82, 2.24) is 15.1 Å². The minimum Gasteiger partial charge on any atom is -0.319 e. The van der Waals surface area contributed by atoms with Gasteiger partial charge in [0.1, 0.15) is 0 Å². The second kappa shape index (κ2) is 5.25. The summed E-state index contributed by atoms with van der Waals surface area (Å²) >= 11 is 0. The zero-order valence-corrected chi connectivity index (χ0v) is 11.2. The molecular formula is C14H27N3. The van der Waals surface area contributed by atoms with E-state index in [4.69, 9.17) is 0 Å². The Morgan fingerprint density at radius 2 is 1.53 bits per heavy atom. The molecule has 0 amide bonds. The number of likely N-dealkylation sites (tertiary alicyclic amines) is 1. The number of piperidine rings is 1. The van der Waals surface area contributed by atoms with Gasteiger partial charge >= 0.3 is 0 Å². The summed E-state index contributed by atoms with van der Waals surface area (Å²) < 4.78 is 0. The summed E-state index contributed by atoms with van der Waals surface area (Å²) in [7, 11) is 2.08. The van der Waals surface area contributed by atoms with Crippen molar-refractivity contribution in [2.45, 2.75) is 44.2 Å². The van der Waals surface area contributed by atoms with Crippen LogP contribution in [0.25, 0.3) is 0 Å². The van der Waals surface area contributed by atoms with Crippen LogP contribution in [-0.4, -0.2) is 61.7 Å². The van der Waals surface area contributed by atoms with E-state index in [-0.39, 0.29) is 0 Å². The Kier molecular flexibility index (Phi) is 3.69. The van der Waals surface area contributed by atoms with Gasteiger partial charge < -0.3 is 5.32 Å². The van der Waals surface area contributed by atoms with Crippen molar-refractivity contribution in [3.8, 4) is 0 Å². The molecule has 0 bridgehead atoms. The molecule has 2 atom stereocenters. The van der Waals surface area contributed by atoms with E-state index < -0.39 is 0 Å². The first kappa shape index (κ1) is 11.9. The normalized spacial score (nSPS) is 36.5. The largest absolute Gasteiger partial charge is 0.319 e. The molecule has 3 fully saturated rings. The number of nitrogens with one attached hydrogen (secondary N) is 1. The molecular weight excluding hydrogens is 210 g/mol. The summed E-state index contributed by atoms with van der Waals surface area (Å²) in [4.78, 5) is 5.55. The van der Waals surface area contributed by atoms with Gasteiger partial charge in [0.05, 0.1) is 0 Å². The van der Waals surface area contributed by atoms with Crippen LogP contribution < -0.4 is 5.32 Å². The summed E-state index contributed by atoms with van der Waals surface area (Å²) in [6, 6.07) is 1.81. The molecule has 1 N–H and O–H groups in total. The summed E-state index contributed by atoms with van der Waals surface area (Å²) in [5.74, 6) is 0.928. The number of hydrogen-bond acceptors (Lipinski definition) is 3. The highest BCUT2D eigenvalue weighted by molar-refractivity contribution is 4.97. The molecule has 2 unspecified atom stereocenters. The average molecular weight is 237 g/mol. The van der Waals surface area contributed by atoms with Gasteiger partial charge in [-0.1, -0.05) is 0 Å². The highest BCUT2D eigenvalue weighted by atomic mass is 15.3. The Balaban J connectivity index is 1.53. The molecule has 3 aliphatic heterocycles. The first-order valence-electron chi connectivity index (χ1n) is 7.51. The molecule has 3 saturated heterocycles. The second-order valence-corrected chi connectivity index (χ2v) is 6.14. The lowest BCUT2D eigenvalue weighted by molar-refractivity contribution is 0.111. The summed E-state index contributed by atoms with van der Waals surface area (Å²) in [5.41, 5.74) is 0. The molecule has 0 saturated carbocycles. The van der Waals surface area contributed by atoms with E-state index in [1.807, 2.05) is 0 Å². The topological polar surface area (TPSA) is 18.5 Å². The standard InChI is InChI=1S/C14H27N3/c1-15-11-12-4-8-17(9-5-12)14-6-10-16-7-2-3-13(14)16/h12-15H,2-11H2,1H3. The molecule has 0 aromatic carbocycles. The minimum atomic E-state index is 0.896. The van der Waals surface area contributed by atoms with Crippen LogP contribution in [0.15, 0.2) is 0 Å². The van der Waals surface area contributed by atoms with Crippen LogP contribution in [0.3, 0.4) is 0 Å². The summed E-state index contributed by atoms with van der Waals surface area (Å²) in [6.45, 7) is 6.65. The first-order chi connectivity index (χ1) is 8.38. The maximum absolute atomic E-state index is 3.33. The van der Waals surface area contributed by atoms with E-state index >= 15 is 0 Å². The molecule has 17 heavy (non-hydrogen) atoms. The van der Waals surface area contributed by atoms with Crippen LogP contribution in [0.5, 0.6) is 0 Å². The third kappa shape index (κ3) is 2.38. The van der Waals surface area contributed by atoms with E-state index in [1.165, 1.54) is 64.8 Å². The van der Waals surface area contributed by atoms with Crippen molar-refractivity contribution < 1.29 is 0 Å². The Hall–Kier alpha value is -0.120. The van der Waals surface area contributed by atoms with Gasteiger partial charge in [0.2, 0.25) is 0 Å². The van der Waals surface area contributed by atoms with E-state index in [0.717, 1.165) is 18.0 Å². The Morgan fingerprint density at radius 3 is 2.29 bits per heavy atom. The van der Waals surface area contributed by atoms with E-state index in [1.54, 1.807) is 0 Å². The molecule has 0 aliphatic carbocycles. The number of nitrogens with zero attached hydrogens (tertiary/aromatic N) is 2. The molecule has 3 nitrogen and oxygen atoms in total. The monoisotopic (exact) mass is 237 g/mol. The fraction of sp³-hybridized carbons (Fsp3) is 1.00. The predicted octanol–water partition coefficient (Wildman–Crippen LogP) is 1.15. The summed E-state index contributed by atoms with van der Waals surface area (Å²) in [5, 5.41) is 3.33. The van der Waals surface area contributed by atoms with Crippen molar-refractivity contribution in [2.24, 2.45) is 5.92 Å². The maximum atomic E-state index is 3.33. The smallest absolute Gasteiger partial charge is 0.0263 e. The van der Waals surface area contributed by atoms with E-state index in [9.17, 15) is 0 Å². The molecule has 3 aliphatic rings. The van der Waals surface area contributed by atoms with Gasteiger partial charge in [0.25, 0.3) is 0 Å². The molecule has 0 radical (unpaired) electrons.